The van der Waals surface area contributed by atoms with Crippen LogP contribution in [0.15, 0.2) is 47.6 Å². The van der Waals surface area contributed by atoms with E-state index in [4.69, 9.17) is 0 Å². The lowest BCUT2D eigenvalue weighted by atomic mass is 10.1. The highest BCUT2D eigenvalue weighted by Gasteiger charge is 2.28. The lowest BCUT2D eigenvalue weighted by molar-refractivity contribution is 0.102. The predicted molar refractivity (Wildman–Crippen MR) is 112 cm³/mol. The van der Waals surface area contributed by atoms with Crippen LogP contribution < -0.4 is 5.32 Å². The fraction of sp³-hybridized carbons (Fsp3) is 0.333. The smallest absolute Gasteiger partial charge is 0.274 e. The SMILES string of the molecule is Cn1cnnc1CCc1cccc(NC(=O)c2cc(S(C)(=O)=O)cc(C3CC3)n2)c1. The van der Waals surface area contributed by atoms with Gasteiger partial charge in [0, 0.05) is 37.0 Å². The quantitative estimate of drug-likeness (QED) is 0.623. The van der Waals surface area contributed by atoms with E-state index in [1.165, 1.54) is 6.07 Å². The van der Waals surface area contributed by atoms with Crippen molar-refractivity contribution in [3.63, 3.8) is 0 Å². The number of amides is 1. The second-order valence-electron chi connectivity index (χ2n) is 7.67. The number of benzene rings is 1. The number of rotatable bonds is 7. The summed E-state index contributed by atoms with van der Waals surface area (Å²) in [6.07, 6.45) is 6.23. The minimum Gasteiger partial charge on any atom is -0.321 e. The van der Waals surface area contributed by atoms with Gasteiger partial charge in [-0.15, -0.1) is 10.2 Å². The van der Waals surface area contributed by atoms with Crippen LogP contribution in [0, 0.1) is 0 Å². The molecule has 1 fully saturated rings. The van der Waals surface area contributed by atoms with Crippen LogP contribution >= 0.6 is 0 Å². The van der Waals surface area contributed by atoms with Gasteiger partial charge in [0.15, 0.2) is 9.84 Å². The van der Waals surface area contributed by atoms with E-state index >= 15 is 0 Å². The fourth-order valence-electron chi connectivity index (χ4n) is 3.23. The first-order valence-corrected chi connectivity index (χ1v) is 11.6. The molecule has 0 radical (unpaired) electrons. The number of carbonyl (C=O) groups is 1. The average Bonchev–Trinajstić information content (AvgIpc) is 3.48. The molecule has 2 aromatic heterocycles. The van der Waals surface area contributed by atoms with Gasteiger partial charge in [0.05, 0.1) is 4.90 Å². The van der Waals surface area contributed by atoms with Crippen molar-refractivity contribution in [2.24, 2.45) is 7.05 Å². The van der Waals surface area contributed by atoms with Crippen molar-refractivity contribution in [3.8, 4) is 0 Å². The molecule has 2 heterocycles. The number of hydrogen-bond acceptors (Lipinski definition) is 6. The minimum absolute atomic E-state index is 0.115. The Bertz CT molecular complexity index is 1200. The van der Waals surface area contributed by atoms with E-state index < -0.39 is 15.7 Å². The van der Waals surface area contributed by atoms with Gasteiger partial charge in [0.25, 0.3) is 5.91 Å². The van der Waals surface area contributed by atoms with Gasteiger partial charge in [-0.1, -0.05) is 12.1 Å². The molecule has 1 N–H and O–H groups in total. The van der Waals surface area contributed by atoms with E-state index in [9.17, 15) is 13.2 Å². The molecule has 4 rings (SSSR count). The van der Waals surface area contributed by atoms with Gasteiger partial charge < -0.3 is 9.88 Å². The van der Waals surface area contributed by atoms with Gasteiger partial charge in [-0.2, -0.15) is 0 Å². The van der Waals surface area contributed by atoms with Gasteiger partial charge in [-0.25, -0.2) is 13.4 Å². The van der Waals surface area contributed by atoms with Crippen LogP contribution in [0.1, 0.15) is 46.3 Å². The first kappa shape index (κ1) is 20.2. The van der Waals surface area contributed by atoms with E-state index in [-0.39, 0.29) is 16.5 Å². The summed E-state index contributed by atoms with van der Waals surface area (Å²) in [5.74, 6) is 0.703. The zero-order chi connectivity index (χ0) is 21.3. The molecule has 0 bridgehead atoms. The van der Waals surface area contributed by atoms with E-state index in [0.29, 0.717) is 11.4 Å². The van der Waals surface area contributed by atoms with Crippen molar-refractivity contribution >= 4 is 21.4 Å². The molecular weight excluding hydrogens is 402 g/mol. The lowest BCUT2D eigenvalue weighted by Gasteiger charge is -2.10. The van der Waals surface area contributed by atoms with Crippen molar-refractivity contribution in [1.82, 2.24) is 19.7 Å². The summed E-state index contributed by atoms with van der Waals surface area (Å²) in [5, 5.41) is 10.8. The van der Waals surface area contributed by atoms with Gasteiger partial charge in [-0.05, 0) is 49.1 Å². The van der Waals surface area contributed by atoms with Crippen molar-refractivity contribution in [1.29, 1.82) is 0 Å². The molecule has 0 aliphatic heterocycles. The number of pyridine rings is 1. The van der Waals surface area contributed by atoms with Crippen LogP contribution in [0.3, 0.4) is 0 Å². The first-order valence-electron chi connectivity index (χ1n) is 9.75. The van der Waals surface area contributed by atoms with Crippen LogP contribution in [-0.4, -0.2) is 40.3 Å². The zero-order valence-electron chi connectivity index (χ0n) is 16.9. The molecule has 1 aromatic carbocycles. The van der Waals surface area contributed by atoms with E-state index in [1.54, 1.807) is 18.5 Å². The number of sulfone groups is 1. The highest BCUT2D eigenvalue weighted by Crippen LogP contribution is 2.39. The second kappa shape index (κ2) is 7.98. The van der Waals surface area contributed by atoms with Crippen LogP contribution in [0.5, 0.6) is 0 Å². The Labute approximate surface area is 175 Å². The average molecular weight is 426 g/mol. The standard InChI is InChI=1S/C21H23N5O3S/c1-26-13-22-25-20(26)9-6-14-4-3-5-16(10-14)23-21(27)19-12-17(30(2,28)29)11-18(24-19)15-7-8-15/h3-5,10-13,15H,6-9H2,1-2H3,(H,23,27). The molecule has 0 saturated heterocycles. The number of anilines is 1. The molecule has 1 aliphatic carbocycles. The van der Waals surface area contributed by atoms with Crippen molar-refractivity contribution in [2.75, 3.05) is 11.6 Å². The maximum absolute atomic E-state index is 12.8. The van der Waals surface area contributed by atoms with Gasteiger partial charge >= 0.3 is 0 Å². The Morgan fingerprint density at radius 2 is 2.00 bits per heavy atom. The van der Waals surface area contributed by atoms with Crippen LogP contribution in [0.25, 0.3) is 0 Å². The Morgan fingerprint density at radius 3 is 2.67 bits per heavy atom. The molecule has 156 valence electrons. The van der Waals surface area contributed by atoms with Crippen LogP contribution in [-0.2, 0) is 29.7 Å². The normalized spacial score (nSPS) is 13.9. The molecule has 1 saturated carbocycles. The Hall–Kier alpha value is -3.07. The zero-order valence-corrected chi connectivity index (χ0v) is 17.7. The van der Waals surface area contributed by atoms with Crippen LogP contribution in [0.2, 0.25) is 0 Å². The third-order valence-electron chi connectivity index (χ3n) is 5.10. The highest BCUT2D eigenvalue weighted by atomic mass is 32.2. The number of nitrogens with zero attached hydrogens (tertiary/aromatic N) is 4. The monoisotopic (exact) mass is 425 g/mol. The van der Waals surface area contributed by atoms with Gasteiger partial charge in [-0.3, -0.25) is 4.79 Å². The first-order chi connectivity index (χ1) is 14.3. The van der Waals surface area contributed by atoms with Crippen molar-refractivity contribution in [3.05, 3.63) is 65.5 Å². The fourth-order valence-corrected chi connectivity index (χ4v) is 3.89. The van der Waals surface area contributed by atoms with Crippen LogP contribution in [0.4, 0.5) is 5.69 Å². The summed E-state index contributed by atoms with van der Waals surface area (Å²) in [4.78, 5) is 17.3. The summed E-state index contributed by atoms with van der Waals surface area (Å²) in [6, 6.07) is 10.5. The lowest BCUT2D eigenvalue weighted by Crippen LogP contribution is -2.16. The molecule has 0 spiro atoms. The molecule has 9 heteroatoms. The maximum Gasteiger partial charge on any atom is 0.274 e. The Morgan fingerprint density at radius 1 is 1.20 bits per heavy atom. The number of nitrogens with one attached hydrogen (secondary N) is 1. The van der Waals surface area contributed by atoms with E-state index in [1.807, 2.05) is 29.8 Å². The molecule has 3 aromatic rings. The number of hydrogen-bond donors (Lipinski definition) is 1. The van der Waals surface area contributed by atoms with Gasteiger partial charge in [0.2, 0.25) is 0 Å². The molecular formula is C21H23N5O3S. The summed E-state index contributed by atoms with van der Waals surface area (Å²) in [5.41, 5.74) is 2.46. The van der Waals surface area contributed by atoms with Crippen molar-refractivity contribution in [2.45, 2.75) is 36.5 Å². The molecule has 0 unspecified atom stereocenters. The molecule has 1 amide bonds. The molecule has 30 heavy (non-hydrogen) atoms. The Balaban J connectivity index is 1.51. The molecule has 1 aliphatic rings. The van der Waals surface area contributed by atoms with E-state index in [2.05, 4.69) is 20.5 Å². The highest BCUT2D eigenvalue weighted by molar-refractivity contribution is 7.90. The van der Waals surface area contributed by atoms with Gasteiger partial charge in [0.1, 0.15) is 17.8 Å². The molecule has 8 nitrogen and oxygen atoms in total. The van der Waals surface area contributed by atoms with E-state index in [0.717, 1.165) is 43.3 Å². The number of carbonyl (C=O) groups excluding carboxylic acids is 1. The number of aryl methyl sites for hydroxylation is 3. The topological polar surface area (TPSA) is 107 Å². The molecule has 0 atom stereocenters. The predicted octanol–water partition coefficient (Wildman–Crippen LogP) is 2.53. The second-order valence-corrected chi connectivity index (χ2v) is 9.69. The summed E-state index contributed by atoms with van der Waals surface area (Å²) >= 11 is 0. The Kier molecular flexibility index (Phi) is 5.38. The maximum atomic E-state index is 12.8. The van der Waals surface area contributed by atoms with Crippen molar-refractivity contribution < 1.29 is 13.2 Å². The summed E-state index contributed by atoms with van der Waals surface area (Å²) in [7, 11) is -1.53. The minimum atomic E-state index is -3.43. The number of aromatic nitrogens is 4. The summed E-state index contributed by atoms with van der Waals surface area (Å²) in [6.45, 7) is 0. The third kappa shape index (κ3) is 4.73. The largest absolute Gasteiger partial charge is 0.321 e. The summed E-state index contributed by atoms with van der Waals surface area (Å²) < 4.78 is 25.9. The third-order valence-corrected chi connectivity index (χ3v) is 6.19.